The third kappa shape index (κ3) is 2.14. The Morgan fingerprint density at radius 2 is 2.29 bits per heavy atom. The van der Waals surface area contributed by atoms with E-state index in [4.69, 9.17) is 23.8 Å². The minimum Gasteiger partial charge on any atom is -0.361 e. The predicted molar refractivity (Wildman–Crippen MR) is 74.7 cm³/mol. The first-order valence-corrected chi connectivity index (χ1v) is 6.84. The smallest absolute Gasteiger partial charge is 0.166 e. The molecule has 1 aliphatic carbocycles. The van der Waals surface area contributed by atoms with Crippen LogP contribution in [-0.4, -0.2) is 17.7 Å². The van der Waals surface area contributed by atoms with Gasteiger partial charge < -0.3 is 10.6 Å². The highest BCUT2D eigenvalue weighted by molar-refractivity contribution is 7.80. The molecule has 0 radical (unpaired) electrons. The second-order valence-electron chi connectivity index (χ2n) is 4.83. The number of thiocarbonyl (C=S) groups is 1. The zero-order valence-corrected chi connectivity index (χ0v) is 11.1. The fraction of sp³-hybridized carbons (Fsp3) is 0.462. The summed E-state index contributed by atoms with van der Waals surface area (Å²) in [6.45, 7) is 0.950. The van der Waals surface area contributed by atoms with Crippen molar-refractivity contribution in [1.82, 2.24) is 10.6 Å². The van der Waals surface area contributed by atoms with E-state index in [0.717, 1.165) is 29.5 Å². The molecule has 1 saturated heterocycles. The summed E-state index contributed by atoms with van der Waals surface area (Å²) in [4.78, 5) is 0. The van der Waals surface area contributed by atoms with Crippen LogP contribution in [0.3, 0.4) is 0 Å². The van der Waals surface area contributed by atoms with Gasteiger partial charge in [-0.1, -0.05) is 23.7 Å². The summed E-state index contributed by atoms with van der Waals surface area (Å²) in [7, 11) is 0. The summed E-state index contributed by atoms with van der Waals surface area (Å²) >= 11 is 11.3. The van der Waals surface area contributed by atoms with Gasteiger partial charge in [0.25, 0.3) is 0 Å². The summed E-state index contributed by atoms with van der Waals surface area (Å²) in [5.41, 5.74) is 2.80. The third-order valence-corrected chi connectivity index (χ3v) is 4.37. The van der Waals surface area contributed by atoms with E-state index in [9.17, 15) is 0 Å². The molecule has 0 aromatic heterocycles. The standard InChI is InChI=1S/C13H15ClN2S/c14-12-3-1-2-10-8(4-5-11(10)12)6-9-7-15-13(17)16-9/h1-3,8-9H,4-7H2,(H2,15,16,17). The summed E-state index contributed by atoms with van der Waals surface area (Å²) in [6.07, 6.45) is 3.47. The van der Waals surface area contributed by atoms with Gasteiger partial charge in [0.05, 0.1) is 0 Å². The average Bonchev–Trinajstić information content (AvgIpc) is 2.88. The molecule has 2 nitrogen and oxygen atoms in total. The summed E-state index contributed by atoms with van der Waals surface area (Å²) in [6, 6.07) is 6.74. The Morgan fingerprint density at radius 3 is 3.06 bits per heavy atom. The van der Waals surface area contributed by atoms with Gasteiger partial charge >= 0.3 is 0 Å². The summed E-state index contributed by atoms with van der Waals surface area (Å²) in [5, 5.41) is 8.21. The Morgan fingerprint density at radius 1 is 1.41 bits per heavy atom. The van der Waals surface area contributed by atoms with E-state index in [-0.39, 0.29) is 0 Å². The second kappa shape index (κ2) is 4.46. The Labute approximate surface area is 112 Å². The van der Waals surface area contributed by atoms with Gasteiger partial charge in [-0.25, -0.2) is 0 Å². The molecule has 2 aliphatic rings. The lowest BCUT2D eigenvalue weighted by Gasteiger charge is -2.16. The Kier molecular flexibility index (Phi) is 2.97. The van der Waals surface area contributed by atoms with Crippen LogP contribution in [-0.2, 0) is 6.42 Å². The van der Waals surface area contributed by atoms with Crippen molar-refractivity contribution >= 4 is 28.9 Å². The summed E-state index contributed by atoms with van der Waals surface area (Å²) < 4.78 is 0. The molecule has 0 amide bonds. The van der Waals surface area contributed by atoms with Crippen molar-refractivity contribution in [2.24, 2.45) is 0 Å². The van der Waals surface area contributed by atoms with Gasteiger partial charge in [-0.2, -0.15) is 0 Å². The lowest BCUT2D eigenvalue weighted by atomic mass is 9.94. The van der Waals surface area contributed by atoms with E-state index in [1.165, 1.54) is 17.5 Å². The van der Waals surface area contributed by atoms with Crippen LogP contribution in [0.1, 0.15) is 29.9 Å². The number of benzene rings is 1. The number of fused-ring (bicyclic) bond motifs is 1. The minimum absolute atomic E-state index is 0.470. The molecule has 1 aromatic rings. The average molecular weight is 267 g/mol. The largest absolute Gasteiger partial charge is 0.361 e. The molecule has 0 saturated carbocycles. The molecule has 1 heterocycles. The molecule has 3 rings (SSSR count). The van der Waals surface area contributed by atoms with E-state index in [0.29, 0.717) is 12.0 Å². The van der Waals surface area contributed by atoms with Crippen molar-refractivity contribution in [3.63, 3.8) is 0 Å². The van der Waals surface area contributed by atoms with Crippen LogP contribution in [0.2, 0.25) is 5.02 Å². The zero-order valence-electron chi connectivity index (χ0n) is 9.50. The van der Waals surface area contributed by atoms with Crippen molar-refractivity contribution in [3.05, 3.63) is 34.3 Å². The van der Waals surface area contributed by atoms with Crippen LogP contribution in [0.15, 0.2) is 18.2 Å². The van der Waals surface area contributed by atoms with E-state index in [2.05, 4.69) is 22.8 Å². The van der Waals surface area contributed by atoms with Crippen molar-refractivity contribution in [1.29, 1.82) is 0 Å². The van der Waals surface area contributed by atoms with Gasteiger partial charge in [-0.15, -0.1) is 0 Å². The van der Waals surface area contributed by atoms with Gasteiger partial charge in [0.1, 0.15) is 0 Å². The third-order valence-electron chi connectivity index (χ3n) is 3.75. The van der Waals surface area contributed by atoms with Crippen molar-refractivity contribution < 1.29 is 0 Å². The first-order chi connectivity index (χ1) is 8.24. The van der Waals surface area contributed by atoms with E-state index < -0.39 is 0 Å². The Hall–Kier alpha value is -0.800. The number of rotatable bonds is 2. The number of hydrogen-bond acceptors (Lipinski definition) is 1. The molecule has 1 aromatic carbocycles. The number of nitrogens with one attached hydrogen (secondary N) is 2. The highest BCUT2D eigenvalue weighted by Gasteiger charge is 2.28. The van der Waals surface area contributed by atoms with Gasteiger partial charge in [-0.05, 0) is 54.6 Å². The highest BCUT2D eigenvalue weighted by Crippen LogP contribution is 2.39. The van der Waals surface area contributed by atoms with E-state index >= 15 is 0 Å². The van der Waals surface area contributed by atoms with Crippen molar-refractivity contribution in [2.75, 3.05) is 6.54 Å². The SMILES string of the molecule is S=C1NCC(CC2CCc3c(Cl)cccc32)N1. The van der Waals surface area contributed by atoms with Crippen LogP contribution in [0, 0.1) is 0 Å². The fourth-order valence-corrected chi connectivity index (χ4v) is 3.46. The van der Waals surface area contributed by atoms with Gasteiger partial charge in [0.15, 0.2) is 5.11 Å². The topological polar surface area (TPSA) is 24.1 Å². The molecule has 2 N–H and O–H groups in total. The van der Waals surface area contributed by atoms with Gasteiger partial charge in [-0.3, -0.25) is 0 Å². The number of halogens is 1. The molecule has 1 fully saturated rings. The molecule has 0 spiro atoms. The molecular weight excluding hydrogens is 252 g/mol. The summed E-state index contributed by atoms with van der Waals surface area (Å²) in [5.74, 6) is 0.629. The zero-order chi connectivity index (χ0) is 11.8. The fourth-order valence-electron chi connectivity index (χ4n) is 2.93. The molecular formula is C13H15ClN2S. The number of hydrogen-bond donors (Lipinski definition) is 2. The Bertz CT molecular complexity index is 461. The van der Waals surface area contributed by atoms with Crippen molar-refractivity contribution in [2.45, 2.75) is 31.2 Å². The van der Waals surface area contributed by atoms with Crippen LogP contribution in [0.4, 0.5) is 0 Å². The predicted octanol–water partition coefficient (Wildman–Crippen LogP) is 2.61. The molecule has 17 heavy (non-hydrogen) atoms. The quantitative estimate of drug-likeness (QED) is 0.805. The second-order valence-corrected chi connectivity index (χ2v) is 5.65. The minimum atomic E-state index is 0.470. The van der Waals surface area contributed by atoms with Gasteiger partial charge in [0, 0.05) is 17.6 Å². The lowest BCUT2D eigenvalue weighted by Crippen LogP contribution is -2.27. The first-order valence-electron chi connectivity index (χ1n) is 6.05. The lowest BCUT2D eigenvalue weighted by molar-refractivity contribution is 0.515. The normalized spacial score (nSPS) is 26.5. The maximum atomic E-state index is 6.23. The molecule has 1 aliphatic heterocycles. The molecule has 90 valence electrons. The van der Waals surface area contributed by atoms with Gasteiger partial charge in [0.2, 0.25) is 0 Å². The maximum absolute atomic E-state index is 6.23. The molecule has 0 bridgehead atoms. The van der Waals surface area contributed by atoms with E-state index in [1.54, 1.807) is 0 Å². The monoisotopic (exact) mass is 266 g/mol. The van der Waals surface area contributed by atoms with Crippen LogP contribution < -0.4 is 10.6 Å². The van der Waals surface area contributed by atoms with E-state index in [1.807, 2.05) is 6.07 Å². The molecule has 4 heteroatoms. The van der Waals surface area contributed by atoms with Crippen molar-refractivity contribution in [3.8, 4) is 0 Å². The Balaban J connectivity index is 1.75. The van der Waals surface area contributed by atoms with Crippen LogP contribution in [0.25, 0.3) is 0 Å². The maximum Gasteiger partial charge on any atom is 0.166 e. The first kappa shape index (κ1) is 11.3. The molecule has 2 atom stereocenters. The van der Waals surface area contributed by atoms with Crippen LogP contribution in [0.5, 0.6) is 0 Å². The highest BCUT2D eigenvalue weighted by atomic mass is 35.5. The van der Waals surface area contributed by atoms with Crippen LogP contribution >= 0.6 is 23.8 Å². The molecule has 2 unspecified atom stereocenters.